The van der Waals surface area contributed by atoms with Gasteiger partial charge in [-0.1, -0.05) is 101 Å². The van der Waals surface area contributed by atoms with Crippen molar-refractivity contribution in [1.82, 2.24) is 14.1 Å². The van der Waals surface area contributed by atoms with Crippen LogP contribution in [-0.4, -0.2) is 14.1 Å². The molecule has 5 nitrogen and oxygen atoms in total. The molecule has 0 aliphatic rings. The lowest BCUT2D eigenvalue weighted by Gasteiger charge is -2.22. The van der Waals surface area contributed by atoms with E-state index in [0.29, 0.717) is 5.92 Å². The molecule has 0 aliphatic carbocycles. The molecule has 3 aromatic heterocycles. The molecule has 0 saturated carbocycles. The van der Waals surface area contributed by atoms with Gasteiger partial charge in [0.05, 0.1) is 22.4 Å². The molecule has 0 spiro atoms. The molecule has 8 rings (SSSR count). The van der Waals surface area contributed by atoms with E-state index in [-0.39, 0.29) is 5.41 Å². The number of para-hydroxylation sites is 1. The molecule has 0 unspecified atom stereocenters. The summed E-state index contributed by atoms with van der Waals surface area (Å²) in [5.41, 5.74) is 9.20. The van der Waals surface area contributed by atoms with Gasteiger partial charge in [0.25, 0.3) is 6.33 Å². The van der Waals surface area contributed by atoms with Crippen molar-refractivity contribution < 1.29 is 9.30 Å². The lowest BCUT2D eigenvalue weighted by Crippen LogP contribution is -2.29. The molecule has 8 aromatic rings. The Balaban J connectivity index is 1.13. The molecule has 252 valence electrons. The molecule has 0 aliphatic heterocycles. The number of benzene rings is 5. The van der Waals surface area contributed by atoms with Crippen LogP contribution in [0.1, 0.15) is 45.7 Å². The van der Waals surface area contributed by atoms with Crippen LogP contribution < -0.4 is 9.30 Å². The highest BCUT2D eigenvalue weighted by atomic mass is 16.5. The average Bonchev–Trinajstić information content (AvgIpc) is 3.75. The maximum Gasteiger partial charge on any atom is 0.268 e. The maximum absolute atomic E-state index is 6.56. The van der Waals surface area contributed by atoms with Crippen LogP contribution in [0.2, 0.25) is 0 Å². The van der Waals surface area contributed by atoms with Crippen LogP contribution in [0.3, 0.4) is 0 Å². The van der Waals surface area contributed by atoms with Gasteiger partial charge in [-0.05, 0) is 94.6 Å². The fraction of sp³-hybridized carbons (Fsp3) is 0.174. The third kappa shape index (κ3) is 6.43. The maximum atomic E-state index is 6.56. The van der Waals surface area contributed by atoms with Gasteiger partial charge in [0.2, 0.25) is 0 Å². The minimum atomic E-state index is 0.0410. The molecule has 0 N–H and O–H groups in total. The van der Waals surface area contributed by atoms with Crippen molar-refractivity contribution in [3.63, 3.8) is 0 Å². The van der Waals surface area contributed by atoms with Crippen LogP contribution in [-0.2, 0) is 11.8 Å². The minimum absolute atomic E-state index is 0.0410. The van der Waals surface area contributed by atoms with E-state index in [0.717, 1.165) is 46.1 Å². The topological polar surface area (TPSA) is 35.9 Å². The first-order valence-electron chi connectivity index (χ1n) is 17.7. The molecule has 0 saturated heterocycles. The molecule has 5 aromatic carbocycles. The summed E-state index contributed by atoms with van der Waals surface area (Å²) in [4.78, 5) is 4.82. The standard InChI is InChI=1S/C46H42N4O/c1-32(2)26-33-22-23-47-45(27-33)50-43-17-10-9-16-39(43)40-20-19-38(30-44(40)50)51-37-15-11-14-36(29-37)48-24-25-49(31-48)42-21-18-35(46(3,4)5)28-41(42)34-12-7-6-8-13-34/h6-25,27-30,32H,26H2,1-5H3. The van der Waals surface area contributed by atoms with Crippen molar-refractivity contribution in [2.24, 2.45) is 5.92 Å². The second-order valence-electron chi connectivity index (χ2n) is 14.7. The second-order valence-corrected chi connectivity index (χ2v) is 14.7. The number of fused-ring (bicyclic) bond motifs is 3. The van der Waals surface area contributed by atoms with Crippen LogP contribution in [0.25, 0.3) is 50.1 Å². The van der Waals surface area contributed by atoms with Gasteiger partial charge >= 0.3 is 0 Å². The van der Waals surface area contributed by atoms with Crippen molar-refractivity contribution in [3.8, 4) is 39.8 Å². The van der Waals surface area contributed by atoms with E-state index in [9.17, 15) is 0 Å². The molecule has 0 amide bonds. The van der Waals surface area contributed by atoms with E-state index in [2.05, 4.69) is 172 Å². The minimum Gasteiger partial charge on any atom is -0.458 e. The fourth-order valence-electron chi connectivity index (χ4n) is 6.93. The van der Waals surface area contributed by atoms with E-state index in [1.807, 2.05) is 29.1 Å². The van der Waals surface area contributed by atoms with Crippen LogP contribution in [0, 0.1) is 12.2 Å². The highest BCUT2D eigenvalue weighted by molar-refractivity contribution is 6.09. The fourth-order valence-corrected chi connectivity index (χ4v) is 6.93. The first-order valence-corrected chi connectivity index (χ1v) is 17.7. The van der Waals surface area contributed by atoms with Gasteiger partial charge in [-0.25, -0.2) is 4.98 Å². The Labute approximate surface area is 300 Å². The predicted octanol–water partition coefficient (Wildman–Crippen LogP) is 11.0. The van der Waals surface area contributed by atoms with E-state index >= 15 is 0 Å². The summed E-state index contributed by atoms with van der Waals surface area (Å²) in [5.74, 6) is 2.99. The summed E-state index contributed by atoms with van der Waals surface area (Å²) >= 11 is 0. The summed E-state index contributed by atoms with van der Waals surface area (Å²) in [7, 11) is 0. The summed E-state index contributed by atoms with van der Waals surface area (Å²) in [5, 5.41) is 2.36. The van der Waals surface area contributed by atoms with Crippen molar-refractivity contribution in [1.29, 1.82) is 0 Å². The first-order chi connectivity index (χ1) is 24.7. The molecule has 51 heavy (non-hydrogen) atoms. The van der Waals surface area contributed by atoms with E-state index < -0.39 is 0 Å². The number of ether oxygens (including phenoxy) is 1. The van der Waals surface area contributed by atoms with E-state index in [1.54, 1.807) is 0 Å². The summed E-state index contributed by atoms with van der Waals surface area (Å²) in [6.07, 6.45) is 10.6. The van der Waals surface area contributed by atoms with Gasteiger partial charge in [0, 0.05) is 35.4 Å². The number of imidazole rings is 1. The summed E-state index contributed by atoms with van der Waals surface area (Å²) < 4.78 is 12.9. The first kappa shape index (κ1) is 32.3. The highest BCUT2D eigenvalue weighted by Crippen LogP contribution is 2.36. The number of pyridine rings is 1. The molecule has 0 fully saturated rings. The lowest BCUT2D eigenvalue weighted by atomic mass is 9.85. The monoisotopic (exact) mass is 666 g/mol. The Morgan fingerprint density at radius 3 is 2.35 bits per heavy atom. The van der Waals surface area contributed by atoms with Crippen molar-refractivity contribution >= 4 is 21.8 Å². The number of hydrogen-bond acceptors (Lipinski definition) is 2. The average molecular weight is 667 g/mol. The molecular formula is C46H42N4O. The quantitative estimate of drug-likeness (QED) is 0.120. The van der Waals surface area contributed by atoms with Crippen LogP contribution >= 0.6 is 0 Å². The molecule has 3 heterocycles. The zero-order valence-corrected chi connectivity index (χ0v) is 29.8. The number of nitrogens with zero attached hydrogens (tertiary/aromatic N) is 4. The lowest BCUT2D eigenvalue weighted by molar-refractivity contribution is -0.598. The Morgan fingerprint density at radius 2 is 1.53 bits per heavy atom. The Morgan fingerprint density at radius 1 is 0.745 bits per heavy atom. The smallest absolute Gasteiger partial charge is 0.268 e. The third-order valence-corrected chi connectivity index (χ3v) is 9.45. The number of rotatable bonds is 8. The van der Waals surface area contributed by atoms with Crippen molar-refractivity contribution in [2.45, 2.75) is 46.5 Å². The SMILES string of the molecule is CC(C)Cc1ccnc(-n2c3ccccc3c3ccc(Oc4cccc(-n5[c-][n+](-c6ccc(C(C)(C)C)cc6-c6ccccc6)cc5)c4)cc32)c1. The van der Waals surface area contributed by atoms with Crippen molar-refractivity contribution in [2.75, 3.05) is 0 Å². The summed E-state index contributed by atoms with van der Waals surface area (Å²) in [6.45, 7) is 11.3. The summed E-state index contributed by atoms with van der Waals surface area (Å²) in [6, 6.07) is 44.7. The zero-order valence-electron chi connectivity index (χ0n) is 29.8. The zero-order chi connectivity index (χ0) is 35.1. The van der Waals surface area contributed by atoms with Crippen LogP contribution in [0.4, 0.5) is 0 Å². The second kappa shape index (κ2) is 13.1. The Hall–Kier alpha value is -5.94. The van der Waals surface area contributed by atoms with Gasteiger partial charge in [-0.15, -0.1) is 0 Å². The molecule has 5 heteroatoms. The van der Waals surface area contributed by atoms with Crippen molar-refractivity contribution in [3.05, 3.63) is 163 Å². The van der Waals surface area contributed by atoms with E-state index in [1.165, 1.54) is 33.0 Å². The number of hydrogen-bond donors (Lipinski definition) is 0. The van der Waals surface area contributed by atoms with Gasteiger partial charge in [-0.3, -0.25) is 13.7 Å². The molecule has 0 atom stereocenters. The third-order valence-electron chi connectivity index (χ3n) is 9.45. The molecular weight excluding hydrogens is 625 g/mol. The van der Waals surface area contributed by atoms with E-state index in [4.69, 9.17) is 9.72 Å². The molecule has 0 bridgehead atoms. The van der Waals surface area contributed by atoms with Gasteiger partial charge in [0.15, 0.2) is 0 Å². The normalized spacial score (nSPS) is 11.9. The van der Waals surface area contributed by atoms with Gasteiger partial charge < -0.3 is 4.74 Å². The highest BCUT2D eigenvalue weighted by Gasteiger charge is 2.18. The van der Waals surface area contributed by atoms with Crippen LogP contribution in [0.5, 0.6) is 11.5 Å². The predicted molar refractivity (Wildman–Crippen MR) is 207 cm³/mol. The largest absolute Gasteiger partial charge is 0.458 e. The van der Waals surface area contributed by atoms with Gasteiger partial charge in [0.1, 0.15) is 17.3 Å². The number of aromatic nitrogens is 4. The van der Waals surface area contributed by atoms with Crippen LogP contribution in [0.15, 0.2) is 146 Å². The van der Waals surface area contributed by atoms with Gasteiger partial charge in [-0.2, -0.15) is 0 Å². The Bertz CT molecular complexity index is 2500. The molecule has 0 radical (unpaired) electrons. The Kier molecular flexibility index (Phi) is 8.27.